The molecule has 1 aromatic carbocycles. The van der Waals surface area contributed by atoms with Crippen molar-refractivity contribution >= 4 is 0 Å². The Labute approximate surface area is 230 Å². The average molecular weight is 528 g/mol. The molecule has 1 aromatic heterocycles. The first-order valence-electron chi connectivity index (χ1n) is 15.3. The molecule has 0 aliphatic carbocycles. The van der Waals surface area contributed by atoms with Crippen molar-refractivity contribution in [1.29, 1.82) is 0 Å². The first-order valence-corrected chi connectivity index (χ1v) is 15.3. The van der Waals surface area contributed by atoms with Crippen LogP contribution in [0.25, 0.3) is 11.3 Å². The van der Waals surface area contributed by atoms with Crippen LogP contribution in [0.5, 0.6) is 5.75 Å². The van der Waals surface area contributed by atoms with Gasteiger partial charge < -0.3 is 14.2 Å². The summed E-state index contributed by atoms with van der Waals surface area (Å²) in [4.78, 5) is 4.55. The van der Waals surface area contributed by atoms with E-state index in [9.17, 15) is 4.39 Å². The third-order valence-electron chi connectivity index (χ3n) is 7.47. The highest BCUT2D eigenvalue weighted by Gasteiger charge is 2.23. The number of rotatable bonds is 19. The summed E-state index contributed by atoms with van der Waals surface area (Å²) >= 11 is 0. The second kappa shape index (κ2) is 18.3. The SMILES string of the molecule is CCCCCCCCCC[C@H]1CO[C@H](c2ccc(-c3ccc(OCCCCCCCC)c(F)c3)nc2)OC1. The maximum atomic E-state index is 14.6. The predicted octanol–water partition coefficient (Wildman–Crippen LogP) is 9.82. The van der Waals surface area contributed by atoms with E-state index in [1.807, 2.05) is 18.2 Å². The van der Waals surface area contributed by atoms with Gasteiger partial charge in [-0.05, 0) is 37.1 Å². The molecule has 1 fully saturated rings. The zero-order valence-corrected chi connectivity index (χ0v) is 23.9. The Morgan fingerprint density at radius 1 is 0.789 bits per heavy atom. The second-order valence-corrected chi connectivity index (χ2v) is 10.9. The Morgan fingerprint density at radius 2 is 1.42 bits per heavy atom. The number of ether oxygens (including phenoxy) is 3. The molecule has 0 radical (unpaired) electrons. The molecule has 4 nitrogen and oxygen atoms in total. The van der Waals surface area contributed by atoms with E-state index < -0.39 is 0 Å². The van der Waals surface area contributed by atoms with Gasteiger partial charge in [0.2, 0.25) is 0 Å². The van der Waals surface area contributed by atoms with Crippen molar-refractivity contribution in [2.45, 2.75) is 116 Å². The minimum atomic E-state index is -0.374. The zero-order valence-electron chi connectivity index (χ0n) is 23.9. The minimum Gasteiger partial charge on any atom is -0.491 e. The quantitative estimate of drug-likeness (QED) is 0.170. The maximum Gasteiger partial charge on any atom is 0.185 e. The normalized spacial score (nSPS) is 17.6. The van der Waals surface area contributed by atoms with Crippen LogP contribution in [0.1, 0.15) is 122 Å². The molecule has 0 saturated carbocycles. The van der Waals surface area contributed by atoms with Crippen LogP contribution < -0.4 is 4.74 Å². The summed E-state index contributed by atoms with van der Waals surface area (Å²) in [7, 11) is 0. The van der Waals surface area contributed by atoms with Crippen LogP contribution in [0.15, 0.2) is 36.5 Å². The molecule has 0 amide bonds. The van der Waals surface area contributed by atoms with E-state index in [1.54, 1.807) is 12.3 Å². The third-order valence-corrected chi connectivity index (χ3v) is 7.47. The summed E-state index contributed by atoms with van der Waals surface area (Å²) in [6, 6.07) is 8.94. The molecular weight excluding hydrogens is 477 g/mol. The third kappa shape index (κ3) is 11.0. The van der Waals surface area contributed by atoms with Crippen LogP contribution in [0.4, 0.5) is 4.39 Å². The summed E-state index contributed by atoms with van der Waals surface area (Å²) < 4.78 is 32.3. The predicted molar refractivity (Wildman–Crippen MR) is 154 cm³/mol. The molecule has 2 aromatic rings. The fourth-order valence-electron chi connectivity index (χ4n) is 5.03. The lowest BCUT2D eigenvalue weighted by molar-refractivity contribution is -0.206. The molecule has 0 spiro atoms. The number of nitrogens with zero attached hydrogens (tertiary/aromatic N) is 1. The number of pyridine rings is 1. The van der Waals surface area contributed by atoms with Gasteiger partial charge in [0.15, 0.2) is 17.9 Å². The standard InChI is InChI=1S/C33H50FNO3/c1-3-5-7-9-11-12-13-15-17-27-25-37-33(38-26-27)29-18-20-31(35-24-29)28-19-21-32(30(34)23-28)36-22-16-14-10-8-6-4-2/h18-21,23-24,27,33H,3-17,22,25-26H2,1-2H3/t27-,33-. The number of hydrogen-bond donors (Lipinski definition) is 0. The van der Waals surface area contributed by atoms with Gasteiger partial charge in [-0.3, -0.25) is 4.98 Å². The maximum absolute atomic E-state index is 14.6. The van der Waals surface area contributed by atoms with Gasteiger partial charge in [0.25, 0.3) is 0 Å². The number of hydrogen-bond acceptors (Lipinski definition) is 4. The molecule has 2 heterocycles. The number of unbranched alkanes of at least 4 members (excludes halogenated alkanes) is 12. The Kier molecular flexibility index (Phi) is 14.7. The molecule has 1 aliphatic rings. The summed E-state index contributed by atoms with van der Waals surface area (Å²) in [5, 5.41) is 0. The van der Waals surface area contributed by atoms with E-state index in [0.717, 1.165) is 42.9 Å². The van der Waals surface area contributed by atoms with Crippen molar-refractivity contribution in [1.82, 2.24) is 4.98 Å². The lowest BCUT2D eigenvalue weighted by Gasteiger charge is -2.29. The molecule has 1 saturated heterocycles. The summed E-state index contributed by atoms with van der Waals surface area (Å²) in [5.74, 6) is 0.439. The molecule has 5 heteroatoms. The first kappa shape index (κ1) is 30.6. The van der Waals surface area contributed by atoms with Gasteiger partial charge in [-0.1, -0.05) is 103 Å². The van der Waals surface area contributed by atoms with E-state index in [0.29, 0.717) is 18.3 Å². The van der Waals surface area contributed by atoms with Crippen molar-refractivity contribution < 1.29 is 18.6 Å². The zero-order chi connectivity index (χ0) is 26.8. The summed E-state index contributed by atoms with van der Waals surface area (Å²) in [6.07, 6.45) is 20.4. The van der Waals surface area contributed by atoms with Gasteiger partial charge in [-0.15, -0.1) is 0 Å². The van der Waals surface area contributed by atoms with E-state index in [2.05, 4.69) is 18.8 Å². The monoisotopic (exact) mass is 527 g/mol. The van der Waals surface area contributed by atoms with Crippen molar-refractivity contribution in [3.05, 3.63) is 47.9 Å². The molecule has 212 valence electrons. The minimum absolute atomic E-state index is 0.310. The fraction of sp³-hybridized carbons (Fsp3) is 0.667. The highest BCUT2D eigenvalue weighted by atomic mass is 19.1. The Morgan fingerprint density at radius 3 is 2.03 bits per heavy atom. The Balaban J connectivity index is 1.35. The van der Waals surface area contributed by atoms with Gasteiger partial charge in [0, 0.05) is 23.2 Å². The van der Waals surface area contributed by atoms with Crippen molar-refractivity contribution in [2.24, 2.45) is 5.92 Å². The Hall–Kier alpha value is -1.98. The lowest BCUT2D eigenvalue weighted by atomic mass is 10.0. The molecular formula is C33H50FNO3. The number of benzene rings is 1. The highest BCUT2D eigenvalue weighted by molar-refractivity contribution is 5.60. The van der Waals surface area contributed by atoms with Gasteiger partial charge >= 0.3 is 0 Å². The van der Waals surface area contributed by atoms with Crippen molar-refractivity contribution in [3.63, 3.8) is 0 Å². The molecule has 0 bridgehead atoms. The van der Waals surface area contributed by atoms with Gasteiger partial charge in [0.1, 0.15) is 0 Å². The largest absolute Gasteiger partial charge is 0.491 e. The van der Waals surface area contributed by atoms with E-state index >= 15 is 0 Å². The molecule has 38 heavy (non-hydrogen) atoms. The fourth-order valence-corrected chi connectivity index (χ4v) is 5.03. The van der Waals surface area contributed by atoms with Crippen LogP contribution in [0.3, 0.4) is 0 Å². The van der Waals surface area contributed by atoms with Crippen molar-refractivity contribution in [3.8, 4) is 17.0 Å². The smallest absolute Gasteiger partial charge is 0.185 e. The van der Waals surface area contributed by atoms with Crippen LogP contribution in [0, 0.1) is 11.7 Å². The number of aromatic nitrogens is 1. The topological polar surface area (TPSA) is 40.6 Å². The van der Waals surface area contributed by atoms with E-state index in [-0.39, 0.29) is 12.1 Å². The van der Waals surface area contributed by atoms with Crippen molar-refractivity contribution in [2.75, 3.05) is 19.8 Å². The summed E-state index contributed by atoms with van der Waals surface area (Å²) in [6.45, 7) is 6.49. The van der Waals surface area contributed by atoms with Crippen LogP contribution in [0.2, 0.25) is 0 Å². The number of halogens is 1. The Bertz CT molecular complexity index is 880. The van der Waals surface area contributed by atoms with Crippen LogP contribution in [-0.2, 0) is 9.47 Å². The molecule has 1 aliphatic heterocycles. The molecule has 0 N–H and O–H groups in total. The van der Waals surface area contributed by atoms with E-state index in [4.69, 9.17) is 14.2 Å². The van der Waals surface area contributed by atoms with Gasteiger partial charge in [-0.25, -0.2) is 4.39 Å². The average Bonchev–Trinajstić information content (AvgIpc) is 2.95. The molecule has 0 atom stereocenters. The van der Waals surface area contributed by atoms with Gasteiger partial charge in [-0.2, -0.15) is 0 Å². The van der Waals surface area contributed by atoms with E-state index in [1.165, 1.54) is 89.5 Å². The van der Waals surface area contributed by atoms with Crippen LogP contribution >= 0.6 is 0 Å². The lowest BCUT2D eigenvalue weighted by Crippen LogP contribution is -2.27. The second-order valence-electron chi connectivity index (χ2n) is 10.9. The van der Waals surface area contributed by atoms with Crippen LogP contribution in [-0.4, -0.2) is 24.8 Å². The molecule has 0 unspecified atom stereocenters. The highest BCUT2D eigenvalue weighted by Crippen LogP contribution is 2.29. The summed E-state index contributed by atoms with van der Waals surface area (Å²) in [5.41, 5.74) is 2.36. The van der Waals surface area contributed by atoms with Gasteiger partial charge in [0.05, 0.1) is 25.5 Å². The molecule has 3 rings (SSSR count). The first-order chi connectivity index (χ1) is 18.7.